The molecule has 0 fully saturated rings. The van der Waals surface area contributed by atoms with Crippen LogP contribution >= 0.6 is 27.3 Å². The van der Waals surface area contributed by atoms with Gasteiger partial charge in [-0.3, -0.25) is 0 Å². The van der Waals surface area contributed by atoms with E-state index in [1.807, 2.05) is 11.3 Å². The van der Waals surface area contributed by atoms with Crippen molar-refractivity contribution in [1.82, 2.24) is 0 Å². The predicted octanol–water partition coefficient (Wildman–Crippen LogP) is 6.10. The van der Waals surface area contributed by atoms with Gasteiger partial charge in [-0.1, -0.05) is 58.4 Å². The summed E-state index contributed by atoms with van der Waals surface area (Å²) in [5.41, 5.74) is 1.41. The second-order valence-corrected chi connectivity index (χ2v) is 6.33. The lowest BCUT2D eigenvalue weighted by Crippen LogP contribution is -1.83. The Balaban J connectivity index is 2.33. The lowest BCUT2D eigenvalue weighted by Gasteiger charge is -2.06. The highest BCUT2D eigenvalue weighted by Gasteiger charge is 2.11. The molecular formula is C17H11BrS. The molecular weight excluding hydrogens is 316 g/mol. The van der Waals surface area contributed by atoms with Crippen molar-refractivity contribution >= 4 is 58.2 Å². The zero-order valence-corrected chi connectivity index (χ0v) is 12.6. The van der Waals surface area contributed by atoms with Crippen LogP contribution in [0.15, 0.2) is 54.6 Å². The first-order valence-corrected chi connectivity index (χ1v) is 8.20. The third kappa shape index (κ3) is 1.63. The molecule has 4 rings (SSSR count). The minimum Gasteiger partial charge on any atom is -0.135 e. The van der Waals surface area contributed by atoms with Crippen LogP contribution in [0, 0.1) is 0 Å². The van der Waals surface area contributed by atoms with Gasteiger partial charge in [0.15, 0.2) is 0 Å². The van der Waals surface area contributed by atoms with Crippen LogP contribution in [0.5, 0.6) is 0 Å². The van der Waals surface area contributed by atoms with Crippen molar-refractivity contribution in [3.05, 3.63) is 60.2 Å². The highest BCUT2D eigenvalue weighted by atomic mass is 79.9. The maximum Gasteiger partial charge on any atom is 0.0364 e. The standard InChI is InChI=1S/C17H11BrS/c18-10-14-12-6-2-1-5-11(12)9-16-17(14)13-7-3-4-8-15(13)19-16/h1-9H,10H2. The highest BCUT2D eigenvalue weighted by molar-refractivity contribution is 9.08. The Hall–Kier alpha value is -1.38. The minimum atomic E-state index is 0.894. The highest BCUT2D eigenvalue weighted by Crippen LogP contribution is 2.40. The predicted molar refractivity (Wildman–Crippen MR) is 89.5 cm³/mol. The number of rotatable bonds is 1. The van der Waals surface area contributed by atoms with Crippen LogP contribution in [0.2, 0.25) is 0 Å². The molecule has 0 aliphatic carbocycles. The second kappa shape index (κ2) is 4.32. The van der Waals surface area contributed by atoms with E-state index in [1.165, 1.54) is 36.5 Å². The summed E-state index contributed by atoms with van der Waals surface area (Å²) in [6.45, 7) is 0. The van der Waals surface area contributed by atoms with Crippen molar-refractivity contribution in [2.75, 3.05) is 0 Å². The van der Waals surface area contributed by atoms with E-state index in [9.17, 15) is 0 Å². The van der Waals surface area contributed by atoms with Crippen molar-refractivity contribution < 1.29 is 0 Å². The van der Waals surface area contributed by atoms with Crippen LogP contribution in [0.3, 0.4) is 0 Å². The average Bonchev–Trinajstić information content (AvgIpc) is 2.82. The van der Waals surface area contributed by atoms with Crippen molar-refractivity contribution in [2.24, 2.45) is 0 Å². The van der Waals surface area contributed by atoms with Gasteiger partial charge < -0.3 is 0 Å². The van der Waals surface area contributed by atoms with E-state index >= 15 is 0 Å². The fraction of sp³-hybridized carbons (Fsp3) is 0.0588. The van der Waals surface area contributed by atoms with Crippen LogP contribution in [0.25, 0.3) is 30.9 Å². The fourth-order valence-electron chi connectivity index (χ4n) is 2.79. The Bertz CT molecular complexity index is 905. The van der Waals surface area contributed by atoms with E-state index in [0.717, 1.165) is 5.33 Å². The van der Waals surface area contributed by atoms with Crippen molar-refractivity contribution in [2.45, 2.75) is 5.33 Å². The van der Waals surface area contributed by atoms with Crippen LogP contribution in [-0.4, -0.2) is 0 Å². The van der Waals surface area contributed by atoms with Crippen LogP contribution < -0.4 is 0 Å². The first-order chi connectivity index (χ1) is 9.38. The molecule has 0 atom stereocenters. The van der Waals surface area contributed by atoms with Gasteiger partial charge in [0.1, 0.15) is 0 Å². The Labute approximate surface area is 123 Å². The lowest BCUT2D eigenvalue weighted by molar-refractivity contribution is 1.56. The molecule has 0 amide bonds. The number of fused-ring (bicyclic) bond motifs is 4. The molecule has 92 valence electrons. The Morgan fingerprint density at radius 1 is 0.842 bits per heavy atom. The Morgan fingerprint density at radius 3 is 2.42 bits per heavy atom. The van der Waals surface area contributed by atoms with Gasteiger partial charge in [-0.2, -0.15) is 0 Å². The van der Waals surface area contributed by atoms with Gasteiger partial charge in [-0.15, -0.1) is 11.3 Å². The number of halogens is 1. The molecule has 0 radical (unpaired) electrons. The van der Waals surface area contributed by atoms with E-state index < -0.39 is 0 Å². The smallest absolute Gasteiger partial charge is 0.0364 e. The summed E-state index contributed by atoms with van der Waals surface area (Å²) in [6, 6.07) is 19.7. The summed E-state index contributed by atoms with van der Waals surface area (Å²) in [7, 11) is 0. The monoisotopic (exact) mass is 326 g/mol. The normalized spacial score (nSPS) is 11.6. The first-order valence-electron chi connectivity index (χ1n) is 6.26. The van der Waals surface area contributed by atoms with Gasteiger partial charge in [-0.25, -0.2) is 0 Å². The summed E-state index contributed by atoms with van der Waals surface area (Å²) < 4.78 is 2.75. The summed E-state index contributed by atoms with van der Waals surface area (Å²) in [5.74, 6) is 0. The average molecular weight is 327 g/mol. The Kier molecular flexibility index (Phi) is 2.61. The number of benzene rings is 3. The molecule has 0 N–H and O–H groups in total. The van der Waals surface area contributed by atoms with Crippen molar-refractivity contribution in [3.8, 4) is 0 Å². The van der Waals surface area contributed by atoms with E-state index in [2.05, 4.69) is 70.5 Å². The summed E-state index contributed by atoms with van der Waals surface area (Å²) in [6.07, 6.45) is 0. The lowest BCUT2D eigenvalue weighted by atomic mass is 10.00. The summed E-state index contributed by atoms with van der Waals surface area (Å²) >= 11 is 5.56. The number of alkyl halides is 1. The summed E-state index contributed by atoms with van der Waals surface area (Å²) in [4.78, 5) is 0. The molecule has 0 aliphatic rings. The molecule has 2 heteroatoms. The molecule has 19 heavy (non-hydrogen) atoms. The molecule has 0 spiro atoms. The van der Waals surface area contributed by atoms with E-state index in [1.54, 1.807) is 0 Å². The molecule has 3 aromatic carbocycles. The van der Waals surface area contributed by atoms with Crippen LogP contribution in [0.4, 0.5) is 0 Å². The number of thiophene rings is 1. The molecule has 0 unspecified atom stereocenters. The molecule has 0 saturated carbocycles. The zero-order valence-electron chi connectivity index (χ0n) is 10.2. The second-order valence-electron chi connectivity index (χ2n) is 4.68. The number of hydrogen-bond donors (Lipinski definition) is 0. The van der Waals surface area contributed by atoms with Gasteiger partial charge in [0.25, 0.3) is 0 Å². The molecule has 0 saturated heterocycles. The number of hydrogen-bond acceptors (Lipinski definition) is 1. The molecule has 1 aromatic heterocycles. The van der Waals surface area contributed by atoms with Crippen molar-refractivity contribution in [1.29, 1.82) is 0 Å². The molecule has 0 bridgehead atoms. The molecule has 4 aromatic rings. The third-order valence-corrected chi connectivity index (χ3v) is 5.31. The SMILES string of the molecule is BrCc1c2ccccc2cc2sc3ccccc3c12. The van der Waals surface area contributed by atoms with Gasteiger partial charge in [0, 0.05) is 25.5 Å². The fourth-order valence-corrected chi connectivity index (χ4v) is 4.56. The van der Waals surface area contributed by atoms with Crippen LogP contribution in [0.1, 0.15) is 5.56 Å². The maximum atomic E-state index is 3.67. The summed E-state index contributed by atoms with van der Waals surface area (Å²) in [5, 5.41) is 6.37. The third-order valence-electron chi connectivity index (χ3n) is 3.63. The van der Waals surface area contributed by atoms with Gasteiger partial charge in [0.05, 0.1) is 0 Å². The van der Waals surface area contributed by atoms with E-state index in [4.69, 9.17) is 0 Å². The first kappa shape index (κ1) is 11.4. The van der Waals surface area contributed by atoms with Crippen molar-refractivity contribution in [3.63, 3.8) is 0 Å². The topological polar surface area (TPSA) is 0 Å². The largest absolute Gasteiger partial charge is 0.135 e. The van der Waals surface area contributed by atoms with E-state index in [-0.39, 0.29) is 0 Å². The quantitative estimate of drug-likeness (QED) is 0.370. The van der Waals surface area contributed by atoms with Gasteiger partial charge in [0.2, 0.25) is 0 Å². The van der Waals surface area contributed by atoms with E-state index in [0.29, 0.717) is 0 Å². The minimum absolute atomic E-state index is 0.894. The molecule has 0 nitrogen and oxygen atoms in total. The van der Waals surface area contributed by atoms with Gasteiger partial charge >= 0.3 is 0 Å². The molecule has 0 aliphatic heterocycles. The van der Waals surface area contributed by atoms with Gasteiger partial charge in [-0.05, 0) is 28.5 Å². The zero-order chi connectivity index (χ0) is 12.8. The molecule has 1 heterocycles. The maximum absolute atomic E-state index is 3.67. The van der Waals surface area contributed by atoms with Crippen LogP contribution in [-0.2, 0) is 5.33 Å². The Morgan fingerprint density at radius 2 is 1.58 bits per heavy atom.